The largest absolute Gasteiger partial charge is 0.444 e. The second kappa shape index (κ2) is 7.60. The number of likely N-dealkylation sites (tertiary alicyclic amines) is 1. The molecular weight excluding hydrogens is 382 g/mol. The van der Waals surface area contributed by atoms with E-state index in [-0.39, 0.29) is 29.4 Å². The van der Waals surface area contributed by atoms with E-state index in [1.165, 1.54) is 5.56 Å². The lowest BCUT2D eigenvalue weighted by molar-refractivity contribution is -0.134. The molecule has 3 aliphatic rings. The molecule has 1 unspecified atom stereocenters. The number of carbonyl (C=O) groups is 3. The van der Waals surface area contributed by atoms with Crippen LogP contribution < -0.4 is 10.2 Å². The highest BCUT2D eigenvalue weighted by atomic mass is 16.6. The number of nitrogens with one attached hydrogen (secondary N) is 1. The van der Waals surface area contributed by atoms with E-state index in [1.54, 1.807) is 4.90 Å². The van der Waals surface area contributed by atoms with Gasteiger partial charge in [-0.15, -0.1) is 0 Å². The Morgan fingerprint density at radius 3 is 2.53 bits per heavy atom. The molecule has 7 heteroatoms. The zero-order chi connectivity index (χ0) is 21.5. The van der Waals surface area contributed by atoms with Crippen LogP contribution in [-0.2, 0) is 20.7 Å². The Morgan fingerprint density at radius 2 is 1.87 bits per heavy atom. The fourth-order valence-electron chi connectivity index (χ4n) is 4.93. The van der Waals surface area contributed by atoms with Gasteiger partial charge in [-0.1, -0.05) is 18.2 Å². The quantitative estimate of drug-likeness (QED) is 0.717. The van der Waals surface area contributed by atoms with Crippen LogP contribution in [0.15, 0.2) is 24.3 Å². The number of piperidine rings is 2. The molecule has 2 saturated heterocycles. The van der Waals surface area contributed by atoms with Gasteiger partial charge in [-0.25, -0.2) is 4.79 Å². The van der Waals surface area contributed by atoms with Crippen molar-refractivity contribution in [3.05, 3.63) is 29.8 Å². The first kappa shape index (κ1) is 20.7. The van der Waals surface area contributed by atoms with Gasteiger partial charge in [-0.05, 0) is 63.5 Å². The van der Waals surface area contributed by atoms with E-state index >= 15 is 0 Å². The summed E-state index contributed by atoms with van der Waals surface area (Å²) in [7, 11) is 0. The highest BCUT2D eigenvalue weighted by Gasteiger charge is 2.45. The fraction of sp³-hybridized carbons (Fsp3) is 0.609. The molecule has 1 aromatic rings. The number of imide groups is 1. The number of anilines is 1. The van der Waals surface area contributed by atoms with E-state index in [4.69, 9.17) is 4.74 Å². The van der Waals surface area contributed by atoms with Crippen LogP contribution in [0.3, 0.4) is 0 Å². The molecule has 0 saturated carbocycles. The molecule has 30 heavy (non-hydrogen) atoms. The molecule has 1 aromatic carbocycles. The van der Waals surface area contributed by atoms with Crippen LogP contribution in [0.4, 0.5) is 10.5 Å². The minimum atomic E-state index is -0.501. The summed E-state index contributed by atoms with van der Waals surface area (Å²) < 4.78 is 5.54. The van der Waals surface area contributed by atoms with Crippen LogP contribution in [0.2, 0.25) is 0 Å². The van der Waals surface area contributed by atoms with Gasteiger partial charge < -0.3 is 14.5 Å². The normalized spacial score (nSPS) is 23.8. The van der Waals surface area contributed by atoms with E-state index in [0.717, 1.165) is 31.5 Å². The van der Waals surface area contributed by atoms with Gasteiger partial charge in [0, 0.05) is 31.7 Å². The third kappa shape index (κ3) is 4.16. The fourth-order valence-corrected chi connectivity index (χ4v) is 4.93. The summed E-state index contributed by atoms with van der Waals surface area (Å²) in [6.45, 7) is 7.71. The van der Waals surface area contributed by atoms with E-state index in [2.05, 4.69) is 22.3 Å². The second-order valence-electron chi connectivity index (χ2n) is 9.87. The molecule has 0 radical (unpaired) electrons. The second-order valence-corrected chi connectivity index (χ2v) is 9.87. The first-order valence-corrected chi connectivity index (χ1v) is 10.8. The minimum absolute atomic E-state index is 0.00853. The Kier molecular flexibility index (Phi) is 5.24. The van der Waals surface area contributed by atoms with E-state index < -0.39 is 5.60 Å². The zero-order valence-electron chi connectivity index (χ0n) is 18.1. The average Bonchev–Trinajstić information content (AvgIpc) is 2.67. The highest BCUT2D eigenvalue weighted by Crippen LogP contribution is 2.44. The molecule has 3 amide bonds. The lowest BCUT2D eigenvalue weighted by atomic mass is 9.70. The zero-order valence-corrected chi connectivity index (χ0v) is 18.1. The molecule has 3 aliphatic heterocycles. The molecular formula is C23H31N3O4. The number of amides is 3. The average molecular weight is 414 g/mol. The SMILES string of the molecule is CC(C)(C)OC(=O)N1CCC2(CC1)Cc1ccccc1N(C1CCC(=O)NC1=O)C2. The maximum absolute atomic E-state index is 12.6. The molecule has 1 atom stereocenters. The Balaban J connectivity index is 1.53. The summed E-state index contributed by atoms with van der Waals surface area (Å²) in [5.41, 5.74) is 1.83. The van der Waals surface area contributed by atoms with Crippen molar-refractivity contribution in [1.82, 2.24) is 10.2 Å². The first-order valence-electron chi connectivity index (χ1n) is 10.8. The Hall–Kier alpha value is -2.57. The van der Waals surface area contributed by atoms with Crippen molar-refractivity contribution in [2.45, 2.75) is 64.5 Å². The van der Waals surface area contributed by atoms with Crippen molar-refractivity contribution in [2.75, 3.05) is 24.5 Å². The molecule has 0 bridgehead atoms. The summed E-state index contributed by atoms with van der Waals surface area (Å²) in [5, 5.41) is 2.50. The molecule has 7 nitrogen and oxygen atoms in total. The van der Waals surface area contributed by atoms with E-state index in [0.29, 0.717) is 25.9 Å². The predicted octanol–water partition coefficient (Wildman–Crippen LogP) is 2.87. The first-order chi connectivity index (χ1) is 14.2. The topological polar surface area (TPSA) is 79.0 Å². The smallest absolute Gasteiger partial charge is 0.410 e. The summed E-state index contributed by atoms with van der Waals surface area (Å²) in [4.78, 5) is 40.7. The number of fused-ring (bicyclic) bond motifs is 1. The maximum atomic E-state index is 12.6. The number of benzene rings is 1. The summed E-state index contributed by atoms with van der Waals surface area (Å²) in [6, 6.07) is 7.92. The van der Waals surface area contributed by atoms with Crippen LogP contribution in [-0.4, -0.2) is 54.1 Å². The number of hydrogen-bond donors (Lipinski definition) is 1. The van der Waals surface area contributed by atoms with E-state index in [1.807, 2.05) is 32.9 Å². The summed E-state index contributed by atoms with van der Waals surface area (Å²) >= 11 is 0. The lowest BCUT2D eigenvalue weighted by Crippen LogP contribution is -2.59. The Bertz CT molecular complexity index is 852. The van der Waals surface area contributed by atoms with Crippen LogP contribution in [0.5, 0.6) is 0 Å². The standard InChI is InChI=1S/C23H31N3O4/c1-22(2,3)30-21(29)25-12-10-23(11-13-25)14-16-6-4-5-7-17(16)26(15-23)18-8-9-19(27)24-20(18)28/h4-7,18H,8-15H2,1-3H3,(H,24,27,28). The number of hydrogen-bond acceptors (Lipinski definition) is 5. The van der Waals surface area contributed by atoms with Crippen molar-refractivity contribution in [2.24, 2.45) is 5.41 Å². The highest BCUT2D eigenvalue weighted by molar-refractivity contribution is 6.01. The number of para-hydroxylation sites is 1. The number of rotatable bonds is 1. The van der Waals surface area contributed by atoms with Crippen molar-refractivity contribution < 1.29 is 19.1 Å². The Labute approximate surface area is 177 Å². The minimum Gasteiger partial charge on any atom is -0.444 e. The number of ether oxygens (including phenoxy) is 1. The van der Waals surface area contributed by atoms with Crippen molar-refractivity contribution in [3.63, 3.8) is 0 Å². The van der Waals surface area contributed by atoms with Gasteiger partial charge in [0.15, 0.2) is 0 Å². The van der Waals surface area contributed by atoms with Crippen LogP contribution in [0.25, 0.3) is 0 Å². The summed E-state index contributed by atoms with van der Waals surface area (Å²) in [5.74, 6) is -0.397. The molecule has 0 aliphatic carbocycles. The molecule has 0 aromatic heterocycles. The van der Waals surface area contributed by atoms with E-state index in [9.17, 15) is 14.4 Å². The Morgan fingerprint density at radius 1 is 1.17 bits per heavy atom. The van der Waals surface area contributed by atoms with Crippen LogP contribution in [0, 0.1) is 5.41 Å². The predicted molar refractivity (Wildman–Crippen MR) is 113 cm³/mol. The molecule has 1 N–H and O–H groups in total. The van der Waals surface area contributed by atoms with Gasteiger partial charge >= 0.3 is 6.09 Å². The number of nitrogens with zero attached hydrogens (tertiary/aromatic N) is 2. The van der Waals surface area contributed by atoms with Crippen molar-refractivity contribution >= 4 is 23.6 Å². The maximum Gasteiger partial charge on any atom is 0.410 e. The summed E-state index contributed by atoms with van der Waals surface area (Å²) in [6.07, 6.45) is 3.33. The van der Waals surface area contributed by atoms with Gasteiger partial charge in [-0.3, -0.25) is 14.9 Å². The third-order valence-corrected chi connectivity index (χ3v) is 6.43. The van der Waals surface area contributed by atoms with Gasteiger partial charge in [0.25, 0.3) is 0 Å². The molecule has 162 valence electrons. The molecule has 4 rings (SSSR count). The lowest BCUT2D eigenvalue weighted by Gasteiger charge is -2.50. The van der Waals surface area contributed by atoms with Gasteiger partial charge in [0.1, 0.15) is 11.6 Å². The molecule has 2 fully saturated rings. The van der Waals surface area contributed by atoms with Gasteiger partial charge in [0.05, 0.1) is 0 Å². The molecule has 3 heterocycles. The third-order valence-electron chi connectivity index (χ3n) is 6.43. The van der Waals surface area contributed by atoms with Crippen LogP contribution in [0.1, 0.15) is 52.0 Å². The van der Waals surface area contributed by atoms with Gasteiger partial charge in [-0.2, -0.15) is 0 Å². The van der Waals surface area contributed by atoms with Crippen molar-refractivity contribution in [1.29, 1.82) is 0 Å². The van der Waals surface area contributed by atoms with Crippen molar-refractivity contribution in [3.8, 4) is 0 Å². The molecule has 1 spiro atoms. The monoisotopic (exact) mass is 413 g/mol. The number of carbonyl (C=O) groups excluding carboxylic acids is 3. The van der Waals surface area contributed by atoms with Gasteiger partial charge in [0.2, 0.25) is 11.8 Å². The van der Waals surface area contributed by atoms with Crippen LogP contribution >= 0.6 is 0 Å².